The molecule has 2 saturated heterocycles. The van der Waals surface area contributed by atoms with Gasteiger partial charge in [-0.05, 0) is 55.7 Å². The minimum absolute atomic E-state index is 0. The number of nitrogens with zero attached hydrogens (tertiary/aromatic N) is 3. The zero-order chi connectivity index (χ0) is 25.2. The van der Waals surface area contributed by atoms with Crippen LogP contribution in [0.3, 0.4) is 0 Å². The molecule has 8 heteroatoms. The standard InChI is InChI=1S/C27H33N5O3.H2/c1-30(2)21-6-4-19(5-7-21)25(33)31-13-10-27(11-14-31)12-15-32(26(27)34)22-8-9-23(20(17-28)18-29)24(16-22)35-3;/h4-9,16-18,28H,10-15,29H2,1-3H3;1H/b20-18+,28-17?;. The summed E-state index contributed by atoms with van der Waals surface area (Å²) in [5, 5.41) is 7.56. The van der Waals surface area contributed by atoms with Crippen molar-refractivity contribution in [3.8, 4) is 5.75 Å². The first-order valence-electron chi connectivity index (χ1n) is 11.8. The zero-order valence-electron chi connectivity index (χ0n) is 20.6. The smallest absolute Gasteiger partial charge is 0.253 e. The maximum Gasteiger partial charge on any atom is 0.253 e. The SMILES string of the molecule is COc1cc(N2CCC3(CCN(C(=O)c4ccc(N(C)C)cc4)CC3)C2=O)ccc1/C(C=N)=C/N.[HH]. The molecule has 2 aromatic carbocycles. The van der Waals surface area contributed by atoms with Crippen LogP contribution in [0.25, 0.3) is 5.57 Å². The van der Waals surface area contributed by atoms with Crippen LogP contribution in [0.4, 0.5) is 11.4 Å². The van der Waals surface area contributed by atoms with Gasteiger partial charge in [0.25, 0.3) is 5.91 Å². The second-order valence-electron chi connectivity index (χ2n) is 9.37. The van der Waals surface area contributed by atoms with Crippen molar-refractivity contribution >= 4 is 35.0 Å². The second kappa shape index (κ2) is 9.82. The van der Waals surface area contributed by atoms with Crippen molar-refractivity contribution in [1.29, 1.82) is 5.41 Å². The molecule has 2 aliphatic rings. The number of hydrogen-bond donors (Lipinski definition) is 2. The molecule has 3 N–H and O–H groups in total. The summed E-state index contributed by atoms with van der Waals surface area (Å²) in [6, 6.07) is 13.2. The number of carbonyl (C=O) groups is 2. The first-order valence-corrected chi connectivity index (χ1v) is 11.8. The lowest BCUT2D eigenvalue weighted by Gasteiger charge is -2.38. The highest BCUT2D eigenvalue weighted by atomic mass is 16.5. The summed E-state index contributed by atoms with van der Waals surface area (Å²) in [5.74, 6) is 0.691. The monoisotopic (exact) mass is 477 g/mol. The Morgan fingerprint density at radius 1 is 1.11 bits per heavy atom. The summed E-state index contributed by atoms with van der Waals surface area (Å²) < 4.78 is 5.52. The van der Waals surface area contributed by atoms with E-state index in [9.17, 15) is 9.59 Å². The van der Waals surface area contributed by atoms with Crippen LogP contribution in [0.2, 0.25) is 0 Å². The highest BCUT2D eigenvalue weighted by molar-refractivity contribution is 6.09. The number of ether oxygens (including phenoxy) is 1. The molecule has 2 fully saturated rings. The number of methoxy groups -OCH3 is 1. The van der Waals surface area contributed by atoms with Crippen molar-refractivity contribution in [2.45, 2.75) is 19.3 Å². The maximum absolute atomic E-state index is 13.6. The number of anilines is 2. The van der Waals surface area contributed by atoms with Crippen molar-refractivity contribution in [2.75, 3.05) is 50.6 Å². The number of nitrogens with one attached hydrogen (secondary N) is 1. The number of likely N-dealkylation sites (tertiary alicyclic amines) is 1. The summed E-state index contributed by atoms with van der Waals surface area (Å²) in [6.45, 7) is 1.77. The molecule has 0 saturated carbocycles. The number of nitrogens with two attached hydrogens (primary N) is 1. The number of benzene rings is 2. The molecule has 0 radical (unpaired) electrons. The molecule has 0 aromatic heterocycles. The van der Waals surface area contributed by atoms with Gasteiger partial charge >= 0.3 is 0 Å². The van der Waals surface area contributed by atoms with Crippen molar-refractivity contribution < 1.29 is 15.8 Å². The Kier molecular flexibility index (Phi) is 6.82. The molecule has 35 heavy (non-hydrogen) atoms. The Balaban J connectivity index is 0.00000361. The molecule has 1 spiro atoms. The highest BCUT2D eigenvalue weighted by Gasteiger charge is 2.49. The van der Waals surface area contributed by atoms with Gasteiger partial charge in [0, 0.05) is 81.7 Å². The topological polar surface area (TPSA) is 103 Å². The van der Waals surface area contributed by atoms with Crippen LogP contribution in [0.15, 0.2) is 48.7 Å². The molecular weight excluding hydrogens is 442 g/mol. The first-order chi connectivity index (χ1) is 16.8. The molecular formula is C27H35N5O3. The number of amides is 2. The zero-order valence-corrected chi connectivity index (χ0v) is 20.6. The predicted octanol–water partition coefficient (Wildman–Crippen LogP) is 3.62. The molecule has 0 atom stereocenters. The second-order valence-corrected chi connectivity index (χ2v) is 9.37. The molecule has 0 unspecified atom stereocenters. The molecule has 8 nitrogen and oxygen atoms in total. The van der Waals surface area contributed by atoms with Crippen molar-refractivity contribution in [3.05, 3.63) is 59.8 Å². The highest BCUT2D eigenvalue weighted by Crippen LogP contribution is 2.44. The van der Waals surface area contributed by atoms with Crippen molar-refractivity contribution in [3.63, 3.8) is 0 Å². The third-order valence-corrected chi connectivity index (χ3v) is 7.29. The number of carbonyl (C=O) groups excluding carboxylic acids is 2. The van der Waals surface area contributed by atoms with Gasteiger partial charge in [-0.15, -0.1) is 0 Å². The number of allylic oxidation sites excluding steroid dienone is 1. The number of piperidine rings is 1. The van der Waals surface area contributed by atoms with Gasteiger partial charge < -0.3 is 30.6 Å². The normalized spacial score (nSPS) is 17.6. The Labute approximate surface area is 207 Å². The maximum atomic E-state index is 13.6. The van der Waals surface area contributed by atoms with E-state index in [1.165, 1.54) is 12.4 Å². The van der Waals surface area contributed by atoms with E-state index in [0.717, 1.165) is 17.8 Å². The lowest BCUT2D eigenvalue weighted by molar-refractivity contribution is -0.127. The lowest BCUT2D eigenvalue weighted by Crippen LogP contribution is -2.46. The van der Waals surface area contributed by atoms with Gasteiger partial charge in [-0.2, -0.15) is 0 Å². The fraction of sp³-hybridized carbons (Fsp3) is 0.370. The molecule has 186 valence electrons. The summed E-state index contributed by atoms with van der Waals surface area (Å²) in [7, 11) is 5.50. The minimum atomic E-state index is -0.436. The summed E-state index contributed by atoms with van der Waals surface area (Å²) in [6.07, 6.45) is 4.63. The average molecular weight is 478 g/mol. The fourth-order valence-electron chi connectivity index (χ4n) is 5.06. The quantitative estimate of drug-likeness (QED) is 0.619. The van der Waals surface area contributed by atoms with Crippen molar-refractivity contribution in [1.82, 2.24) is 4.90 Å². The molecule has 2 aromatic rings. The minimum Gasteiger partial charge on any atom is -0.496 e. The summed E-state index contributed by atoms with van der Waals surface area (Å²) >= 11 is 0. The van der Waals surface area contributed by atoms with Gasteiger partial charge in [0.2, 0.25) is 5.91 Å². The van der Waals surface area contributed by atoms with Crippen LogP contribution in [-0.4, -0.2) is 63.8 Å². The van der Waals surface area contributed by atoms with Gasteiger partial charge in [-0.25, -0.2) is 0 Å². The van der Waals surface area contributed by atoms with E-state index in [1.807, 2.05) is 71.3 Å². The van der Waals surface area contributed by atoms with Gasteiger partial charge in [0.05, 0.1) is 12.5 Å². The van der Waals surface area contributed by atoms with Gasteiger partial charge in [-0.3, -0.25) is 9.59 Å². The molecule has 2 heterocycles. The van der Waals surface area contributed by atoms with E-state index in [-0.39, 0.29) is 13.2 Å². The molecule has 2 aliphatic heterocycles. The van der Waals surface area contributed by atoms with Crippen LogP contribution < -0.4 is 20.3 Å². The third-order valence-electron chi connectivity index (χ3n) is 7.29. The molecule has 4 rings (SSSR count). The summed E-state index contributed by atoms with van der Waals surface area (Å²) in [5.41, 5.74) is 8.96. The molecule has 0 bridgehead atoms. The Morgan fingerprint density at radius 3 is 2.34 bits per heavy atom. The number of hydrogen-bond acceptors (Lipinski definition) is 6. The lowest BCUT2D eigenvalue weighted by atomic mass is 9.77. The largest absolute Gasteiger partial charge is 0.496 e. The first kappa shape index (κ1) is 24.3. The fourth-order valence-corrected chi connectivity index (χ4v) is 5.06. The van der Waals surface area contributed by atoms with Crippen LogP contribution in [-0.2, 0) is 4.79 Å². The van der Waals surface area contributed by atoms with E-state index < -0.39 is 5.41 Å². The molecule has 2 amide bonds. The van der Waals surface area contributed by atoms with E-state index in [4.69, 9.17) is 15.9 Å². The van der Waals surface area contributed by atoms with Gasteiger partial charge in [0.15, 0.2) is 0 Å². The van der Waals surface area contributed by atoms with Gasteiger partial charge in [0.1, 0.15) is 5.75 Å². The van der Waals surface area contributed by atoms with Gasteiger partial charge in [-0.1, -0.05) is 0 Å². The predicted molar refractivity (Wildman–Crippen MR) is 141 cm³/mol. The van der Waals surface area contributed by atoms with E-state index in [0.29, 0.717) is 54.9 Å². The van der Waals surface area contributed by atoms with Crippen LogP contribution >= 0.6 is 0 Å². The molecule has 0 aliphatic carbocycles. The third kappa shape index (κ3) is 4.48. The van der Waals surface area contributed by atoms with Crippen LogP contribution in [0.5, 0.6) is 5.75 Å². The Morgan fingerprint density at radius 2 is 1.77 bits per heavy atom. The Hall–Kier alpha value is -3.81. The van der Waals surface area contributed by atoms with Crippen LogP contribution in [0.1, 0.15) is 36.6 Å². The summed E-state index contributed by atoms with van der Waals surface area (Å²) in [4.78, 5) is 32.3. The average Bonchev–Trinajstić information content (AvgIpc) is 3.20. The van der Waals surface area contributed by atoms with E-state index in [1.54, 1.807) is 7.11 Å². The van der Waals surface area contributed by atoms with Crippen molar-refractivity contribution in [2.24, 2.45) is 11.1 Å². The Bertz CT molecular complexity index is 1150. The van der Waals surface area contributed by atoms with E-state index >= 15 is 0 Å². The van der Waals surface area contributed by atoms with Crippen LogP contribution in [0, 0.1) is 10.8 Å². The number of rotatable bonds is 6. The van der Waals surface area contributed by atoms with E-state index in [2.05, 4.69) is 0 Å².